The third kappa shape index (κ3) is 7.56. The van der Waals surface area contributed by atoms with Gasteiger partial charge in [0, 0.05) is 36.1 Å². The van der Waals surface area contributed by atoms with Crippen LogP contribution in [0.4, 0.5) is 0 Å². The van der Waals surface area contributed by atoms with Crippen LogP contribution in [0, 0.1) is 0 Å². The van der Waals surface area contributed by atoms with Crippen LogP contribution in [0.25, 0.3) is 16.6 Å². The molecule has 0 saturated carbocycles. The summed E-state index contributed by atoms with van der Waals surface area (Å²) in [6.07, 6.45) is 14.4. The molecule has 2 heterocycles. The Bertz CT molecular complexity index is 1340. The first-order valence-corrected chi connectivity index (χ1v) is 13.2. The van der Waals surface area contributed by atoms with Crippen molar-refractivity contribution >= 4 is 16.9 Å². The van der Waals surface area contributed by atoms with Crippen molar-refractivity contribution < 1.29 is 14.6 Å². The number of aliphatic carboxylic acids is 1. The number of ether oxygens (including phenoxy) is 1. The molecule has 0 fully saturated rings. The maximum atomic E-state index is 12.0. The first-order chi connectivity index (χ1) is 18.1. The van der Waals surface area contributed by atoms with Crippen LogP contribution >= 0.6 is 0 Å². The minimum atomic E-state index is -0.991. The van der Waals surface area contributed by atoms with Gasteiger partial charge in [-0.05, 0) is 61.7 Å². The van der Waals surface area contributed by atoms with E-state index < -0.39 is 5.97 Å². The SMILES string of the molecule is O=C(O)COc1ccc(-n2nccc2CCCCCCCCCCn2ccc(=O)c3ccccc32)cc1. The molecule has 0 aliphatic carbocycles. The number of hydrogen-bond donors (Lipinski definition) is 1. The second kappa shape index (κ2) is 13.4. The highest BCUT2D eigenvalue weighted by Gasteiger charge is 2.06. The molecule has 0 atom stereocenters. The summed E-state index contributed by atoms with van der Waals surface area (Å²) in [5.74, 6) is -0.458. The third-order valence-corrected chi connectivity index (χ3v) is 6.63. The molecule has 0 spiro atoms. The van der Waals surface area contributed by atoms with Gasteiger partial charge in [-0.25, -0.2) is 9.48 Å². The fourth-order valence-electron chi connectivity index (χ4n) is 4.69. The summed E-state index contributed by atoms with van der Waals surface area (Å²) in [6, 6.07) is 18.9. The molecule has 1 N–H and O–H groups in total. The highest BCUT2D eigenvalue weighted by Crippen LogP contribution is 2.18. The molecule has 4 aromatic rings. The molecule has 0 aliphatic heterocycles. The van der Waals surface area contributed by atoms with Crippen LogP contribution in [0.15, 0.2) is 77.9 Å². The molecule has 4 rings (SSSR count). The lowest BCUT2D eigenvalue weighted by Gasteiger charge is -2.10. The molecule has 0 radical (unpaired) electrons. The molecule has 0 unspecified atom stereocenters. The number of para-hydroxylation sites is 1. The van der Waals surface area contributed by atoms with E-state index in [2.05, 4.69) is 15.7 Å². The molecular weight excluding hydrogens is 466 g/mol. The average molecular weight is 502 g/mol. The number of benzene rings is 2. The normalized spacial score (nSPS) is 11.1. The maximum absolute atomic E-state index is 12.0. The Morgan fingerprint density at radius 2 is 1.54 bits per heavy atom. The zero-order valence-electron chi connectivity index (χ0n) is 21.2. The molecule has 2 aromatic heterocycles. The first-order valence-electron chi connectivity index (χ1n) is 13.2. The van der Waals surface area contributed by atoms with Crippen molar-refractivity contribution in [3.8, 4) is 11.4 Å². The Labute approximate surface area is 217 Å². The van der Waals surface area contributed by atoms with Crippen LogP contribution in [0.2, 0.25) is 0 Å². The van der Waals surface area contributed by atoms with Gasteiger partial charge in [-0.2, -0.15) is 5.10 Å². The van der Waals surface area contributed by atoms with E-state index in [4.69, 9.17) is 9.84 Å². The zero-order chi connectivity index (χ0) is 25.9. The Morgan fingerprint density at radius 3 is 2.30 bits per heavy atom. The Morgan fingerprint density at radius 1 is 0.838 bits per heavy atom. The summed E-state index contributed by atoms with van der Waals surface area (Å²) in [5.41, 5.74) is 3.24. The summed E-state index contributed by atoms with van der Waals surface area (Å²) in [4.78, 5) is 22.7. The Hall–Kier alpha value is -3.87. The molecule has 0 amide bonds. The number of rotatable bonds is 15. The van der Waals surface area contributed by atoms with E-state index in [1.54, 1.807) is 18.2 Å². The Balaban J connectivity index is 1.10. The second-order valence-corrected chi connectivity index (χ2v) is 9.38. The highest BCUT2D eigenvalue weighted by atomic mass is 16.5. The number of hydrogen-bond acceptors (Lipinski definition) is 4. The van der Waals surface area contributed by atoms with Gasteiger partial charge < -0.3 is 14.4 Å². The molecule has 7 nitrogen and oxygen atoms in total. The minimum absolute atomic E-state index is 0.0926. The van der Waals surface area contributed by atoms with Crippen LogP contribution in [0.1, 0.15) is 57.1 Å². The number of fused-ring (bicyclic) bond motifs is 1. The molecule has 0 bridgehead atoms. The molecule has 194 valence electrons. The number of pyridine rings is 1. The second-order valence-electron chi connectivity index (χ2n) is 9.38. The van der Waals surface area contributed by atoms with Gasteiger partial charge in [-0.1, -0.05) is 50.7 Å². The maximum Gasteiger partial charge on any atom is 0.341 e. The van der Waals surface area contributed by atoms with Crippen LogP contribution in [0.3, 0.4) is 0 Å². The Kier molecular flexibility index (Phi) is 9.52. The van der Waals surface area contributed by atoms with Crippen LogP contribution in [0.5, 0.6) is 5.75 Å². The summed E-state index contributed by atoms with van der Waals surface area (Å²) in [6.45, 7) is 0.604. The molecule has 37 heavy (non-hydrogen) atoms. The van der Waals surface area contributed by atoms with E-state index in [1.807, 2.05) is 53.5 Å². The summed E-state index contributed by atoms with van der Waals surface area (Å²) in [5, 5.41) is 14.0. The van der Waals surface area contributed by atoms with Gasteiger partial charge in [0.05, 0.1) is 11.2 Å². The topological polar surface area (TPSA) is 86.3 Å². The molecule has 0 saturated heterocycles. The first kappa shape index (κ1) is 26.2. The molecular formula is C30H35N3O4. The fraction of sp³-hybridized carbons (Fsp3) is 0.367. The van der Waals surface area contributed by atoms with Crippen LogP contribution in [-0.4, -0.2) is 32.0 Å². The lowest BCUT2D eigenvalue weighted by Crippen LogP contribution is -2.09. The number of carboxylic acids is 1. The fourth-order valence-corrected chi connectivity index (χ4v) is 4.69. The summed E-state index contributed by atoms with van der Waals surface area (Å²) in [7, 11) is 0. The van der Waals surface area contributed by atoms with Crippen LogP contribution < -0.4 is 10.2 Å². The predicted molar refractivity (Wildman–Crippen MR) is 146 cm³/mol. The number of aryl methyl sites for hydroxylation is 2. The van der Waals surface area contributed by atoms with Crippen molar-refractivity contribution in [3.63, 3.8) is 0 Å². The van der Waals surface area contributed by atoms with E-state index in [1.165, 1.54) is 44.2 Å². The number of carboxylic acid groups (broad SMARTS) is 1. The average Bonchev–Trinajstić information content (AvgIpc) is 3.38. The van der Waals surface area contributed by atoms with Crippen molar-refractivity contribution in [3.05, 3.63) is 89.0 Å². The summed E-state index contributed by atoms with van der Waals surface area (Å²) < 4.78 is 9.34. The smallest absolute Gasteiger partial charge is 0.341 e. The minimum Gasteiger partial charge on any atom is -0.482 e. The van der Waals surface area contributed by atoms with Gasteiger partial charge in [0.2, 0.25) is 0 Å². The third-order valence-electron chi connectivity index (χ3n) is 6.63. The van der Waals surface area contributed by atoms with Gasteiger partial charge in [0.25, 0.3) is 0 Å². The number of nitrogens with zero attached hydrogens (tertiary/aromatic N) is 3. The van der Waals surface area contributed by atoms with E-state index in [0.29, 0.717) is 5.75 Å². The monoisotopic (exact) mass is 501 g/mol. The quantitative estimate of drug-likeness (QED) is 0.202. The van der Waals surface area contributed by atoms with Gasteiger partial charge >= 0.3 is 5.97 Å². The van der Waals surface area contributed by atoms with Crippen molar-refractivity contribution in [2.75, 3.05) is 6.61 Å². The predicted octanol–water partition coefficient (Wildman–Crippen LogP) is 6.01. The van der Waals surface area contributed by atoms with E-state index in [9.17, 15) is 9.59 Å². The van der Waals surface area contributed by atoms with Gasteiger partial charge in [-0.3, -0.25) is 4.79 Å². The van der Waals surface area contributed by atoms with E-state index >= 15 is 0 Å². The number of aromatic nitrogens is 3. The summed E-state index contributed by atoms with van der Waals surface area (Å²) >= 11 is 0. The standard InChI is InChI=1S/C30H35N3O4/c34-29-19-22-32(28-13-9-8-12-27(28)29)21-10-6-4-2-1-3-5-7-11-24-18-20-31-33(24)25-14-16-26(17-15-25)37-23-30(35)36/h8-9,12-20,22H,1-7,10-11,21,23H2,(H,35,36). The van der Waals surface area contributed by atoms with Gasteiger partial charge in [0.15, 0.2) is 12.0 Å². The van der Waals surface area contributed by atoms with E-state index in [-0.39, 0.29) is 12.0 Å². The van der Waals surface area contributed by atoms with Crippen molar-refractivity contribution in [1.82, 2.24) is 14.3 Å². The van der Waals surface area contributed by atoms with Crippen LogP contribution in [-0.2, 0) is 17.8 Å². The van der Waals surface area contributed by atoms with Crippen molar-refractivity contribution in [1.29, 1.82) is 0 Å². The highest BCUT2D eigenvalue weighted by molar-refractivity contribution is 5.78. The lowest BCUT2D eigenvalue weighted by molar-refractivity contribution is -0.139. The molecule has 2 aromatic carbocycles. The lowest BCUT2D eigenvalue weighted by atomic mass is 10.1. The molecule has 0 aliphatic rings. The zero-order valence-corrected chi connectivity index (χ0v) is 21.2. The molecule has 7 heteroatoms. The number of unbranched alkanes of at least 4 members (excludes halogenated alkanes) is 7. The number of carbonyl (C=O) groups is 1. The van der Waals surface area contributed by atoms with Gasteiger partial charge in [0.1, 0.15) is 5.75 Å². The van der Waals surface area contributed by atoms with Crippen molar-refractivity contribution in [2.24, 2.45) is 0 Å². The van der Waals surface area contributed by atoms with Crippen molar-refractivity contribution in [2.45, 2.75) is 64.3 Å². The van der Waals surface area contributed by atoms with E-state index in [0.717, 1.165) is 42.4 Å². The largest absolute Gasteiger partial charge is 0.482 e. The van der Waals surface area contributed by atoms with Gasteiger partial charge in [-0.15, -0.1) is 0 Å².